The van der Waals surface area contributed by atoms with Gasteiger partial charge in [0.2, 0.25) is 5.76 Å². The van der Waals surface area contributed by atoms with Gasteiger partial charge in [0.1, 0.15) is 5.58 Å². The Morgan fingerprint density at radius 3 is 2.79 bits per heavy atom. The lowest BCUT2D eigenvalue weighted by molar-refractivity contribution is 0.0664. The fourth-order valence-electron chi connectivity index (χ4n) is 2.67. The van der Waals surface area contributed by atoms with Gasteiger partial charge in [-0.1, -0.05) is 31.0 Å². The normalized spacial score (nSPS) is 16.2. The number of para-hydroxylation sites is 1. The lowest BCUT2D eigenvalue weighted by atomic mass is 10.1. The van der Waals surface area contributed by atoms with Crippen LogP contribution in [0, 0.1) is 0 Å². The molecule has 0 amide bonds. The minimum Gasteiger partial charge on any atom is -0.475 e. The molecule has 0 bridgehead atoms. The van der Waals surface area contributed by atoms with Crippen LogP contribution in [0.15, 0.2) is 28.7 Å². The third kappa shape index (κ3) is 2.50. The van der Waals surface area contributed by atoms with Crippen molar-refractivity contribution < 1.29 is 14.3 Å². The van der Waals surface area contributed by atoms with E-state index in [-0.39, 0.29) is 5.76 Å². The highest BCUT2D eigenvalue weighted by atomic mass is 32.2. The van der Waals surface area contributed by atoms with Crippen LogP contribution in [0.1, 0.15) is 41.8 Å². The van der Waals surface area contributed by atoms with Crippen molar-refractivity contribution in [2.45, 2.75) is 36.7 Å². The molecular formula is C15H16O3S. The van der Waals surface area contributed by atoms with Gasteiger partial charge >= 0.3 is 5.97 Å². The summed E-state index contributed by atoms with van der Waals surface area (Å²) in [6.45, 7) is 0. The first-order chi connectivity index (χ1) is 9.25. The predicted octanol–water partition coefficient (Wildman–Crippen LogP) is 4.31. The van der Waals surface area contributed by atoms with Gasteiger partial charge in [0, 0.05) is 22.0 Å². The van der Waals surface area contributed by atoms with Gasteiger partial charge in [0.05, 0.1) is 0 Å². The number of hydrogen-bond acceptors (Lipinski definition) is 3. The van der Waals surface area contributed by atoms with Crippen molar-refractivity contribution in [2.75, 3.05) is 0 Å². The Balaban J connectivity index is 1.90. The SMILES string of the molecule is O=C(O)c1oc2ccccc2c1CSC1CCCC1. The van der Waals surface area contributed by atoms with E-state index in [9.17, 15) is 9.90 Å². The number of hydrogen-bond donors (Lipinski definition) is 1. The van der Waals surface area contributed by atoms with Crippen molar-refractivity contribution in [1.29, 1.82) is 0 Å². The van der Waals surface area contributed by atoms with Crippen LogP contribution in [-0.2, 0) is 5.75 Å². The van der Waals surface area contributed by atoms with E-state index in [1.807, 2.05) is 36.0 Å². The van der Waals surface area contributed by atoms with Crippen LogP contribution in [0.5, 0.6) is 0 Å². The van der Waals surface area contributed by atoms with E-state index in [0.29, 0.717) is 10.8 Å². The molecule has 0 atom stereocenters. The Morgan fingerprint density at radius 2 is 2.05 bits per heavy atom. The molecule has 3 nitrogen and oxygen atoms in total. The minimum absolute atomic E-state index is 0.103. The number of rotatable bonds is 4. The van der Waals surface area contributed by atoms with E-state index in [4.69, 9.17) is 4.42 Å². The number of carbonyl (C=O) groups is 1. The number of carboxylic acid groups (broad SMARTS) is 1. The molecule has 1 fully saturated rings. The summed E-state index contributed by atoms with van der Waals surface area (Å²) in [6, 6.07) is 7.56. The summed E-state index contributed by atoms with van der Waals surface area (Å²) in [5.74, 6) is -0.145. The van der Waals surface area contributed by atoms with E-state index in [1.165, 1.54) is 25.7 Å². The van der Waals surface area contributed by atoms with Gasteiger partial charge in [-0.2, -0.15) is 11.8 Å². The zero-order valence-electron chi connectivity index (χ0n) is 10.6. The van der Waals surface area contributed by atoms with Gasteiger partial charge in [-0.3, -0.25) is 0 Å². The molecule has 0 unspecified atom stereocenters. The Morgan fingerprint density at radius 1 is 1.32 bits per heavy atom. The number of aromatic carboxylic acids is 1. The van der Waals surface area contributed by atoms with Crippen molar-refractivity contribution in [1.82, 2.24) is 0 Å². The summed E-state index contributed by atoms with van der Waals surface area (Å²) in [5, 5.41) is 10.9. The molecule has 1 aromatic heterocycles. The first-order valence-electron chi connectivity index (χ1n) is 6.61. The highest BCUT2D eigenvalue weighted by Crippen LogP contribution is 2.35. The second-order valence-corrected chi connectivity index (χ2v) is 6.22. The smallest absolute Gasteiger partial charge is 0.372 e. The standard InChI is InChI=1S/C15H16O3S/c16-15(17)14-12(9-19-10-5-1-2-6-10)11-7-3-4-8-13(11)18-14/h3-4,7-8,10H,1-2,5-6,9H2,(H,16,17). The van der Waals surface area contributed by atoms with Gasteiger partial charge in [-0.15, -0.1) is 0 Å². The Kier molecular flexibility index (Phi) is 3.51. The van der Waals surface area contributed by atoms with Crippen LogP contribution in [0.25, 0.3) is 11.0 Å². The monoisotopic (exact) mass is 276 g/mol. The minimum atomic E-state index is -0.974. The van der Waals surface area contributed by atoms with Crippen LogP contribution in [0.2, 0.25) is 0 Å². The maximum Gasteiger partial charge on any atom is 0.372 e. The second kappa shape index (κ2) is 5.29. The predicted molar refractivity (Wildman–Crippen MR) is 76.7 cm³/mol. The Bertz CT molecular complexity index is 596. The molecule has 0 aliphatic heterocycles. The lowest BCUT2D eigenvalue weighted by Gasteiger charge is -2.07. The zero-order chi connectivity index (χ0) is 13.2. The van der Waals surface area contributed by atoms with Crippen molar-refractivity contribution in [2.24, 2.45) is 0 Å². The van der Waals surface area contributed by atoms with Crippen LogP contribution >= 0.6 is 11.8 Å². The zero-order valence-corrected chi connectivity index (χ0v) is 11.4. The summed E-state index contributed by atoms with van der Waals surface area (Å²) < 4.78 is 5.46. The Labute approximate surface area is 116 Å². The molecule has 1 heterocycles. The number of benzene rings is 1. The fourth-order valence-corrected chi connectivity index (χ4v) is 4.03. The molecule has 0 spiro atoms. The third-order valence-corrected chi connectivity index (χ3v) is 5.06. The highest BCUT2D eigenvalue weighted by Gasteiger charge is 2.22. The van der Waals surface area contributed by atoms with Crippen LogP contribution < -0.4 is 0 Å². The van der Waals surface area contributed by atoms with Gasteiger partial charge in [0.15, 0.2) is 0 Å². The van der Waals surface area contributed by atoms with Crippen LogP contribution in [-0.4, -0.2) is 16.3 Å². The fraction of sp³-hybridized carbons (Fsp3) is 0.400. The molecule has 4 heteroatoms. The van der Waals surface area contributed by atoms with Crippen LogP contribution in [0.3, 0.4) is 0 Å². The quantitative estimate of drug-likeness (QED) is 0.904. The van der Waals surface area contributed by atoms with E-state index < -0.39 is 5.97 Å². The average molecular weight is 276 g/mol. The molecule has 100 valence electrons. The molecule has 3 rings (SSSR count). The first kappa shape index (κ1) is 12.6. The number of thioether (sulfide) groups is 1. The van der Waals surface area contributed by atoms with Gasteiger partial charge < -0.3 is 9.52 Å². The first-order valence-corrected chi connectivity index (χ1v) is 7.66. The van der Waals surface area contributed by atoms with E-state index in [1.54, 1.807) is 0 Å². The molecule has 1 aliphatic rings. The van der Waals surface area contributed by atoms with Gasteiger partial charge in [0.25, 0.3) is 0 Å². The molecule has 2 aromatic rings. The summed E-state index contributed by atoms with van der Waals surface area (Å²) in [4.78, 5) is 11.3. The maximum atomic E-state index is 11.3. The summed E-state index contributed by atoms with van der Waals surface area (Å²) in [6.07, 6.45) is 5.11. The molecule has 19 heavy (non-hydrogen) atoms. The number of carboxylic acids is 1. The van der Waals surface area contributed by atoms with Crippen molar-refractivity contribution in [3.63, 3.8) is 0 Å². The largest absolute Gasteiger partial charge is 0.475 e. The van der Waals surface area contributed by atoms with Crippen LogP contribution in [0.4, 0.5) is 0 Å². The van der Waals surface area contributed by atoms with Crippen molar-refractivity contribution >= 4 is 28.7 Å². The lowest BCUT2D eigenvalue weighted by Crippen LogP contribution is -2.00. The molecule has 1 saturated carbocycles. The maximum absolute atomic E-state index is 11.3. The van der Waals surface area contributed by atoms with Crippen molar-refractivity contribution in [3.05, 3.63) is 35.6 Å². The van der Waals surface area contributed by atoms with Gasteiger partial charge in [-0.05, 0) is 18.9 Å². The highest BCUT2D eigenvalue weighted by molar-refractivity contribution is 7.99. The molecule has 0 radical (unpaired) electrons. The summed E-state index contributed by atoms with van der Waals surface area (Å²) >= 11 is 1.86. The molecule has 0 saturated heterocycles. The summed E-state index contributed by atoms with van der Waals surface area (Å²) in [7, 11) is 0. The van der Waals surface area contributed by atoms with Crippen molar-refractivity contribution in [3.8, 4) is 0 Å². The number of furan rings is 1. The van der Waals surface area contributed by atoms with E-state index in [0.717, 1.165) is 16.7 Å². The average Bonchev–Trinajstić information content (AvgIpc) is 3.03. The summed E-state index contributed by atoms with van der Waals surface area (Å²) in [5.41, 5.74) is 1.50. The van der Waals surface area contributed by atoms with E-state index >= 15 is 0 Å². The molecular weight excluding hydrogens is 260 g/mol. The molecule has 1 aromatic carbocycles. The second-order valence-electron chi connectivity index (χ2n) is 4.93. The van der Waals surface area contributed by atoms with Gasteiger partial charge in [-0.25, -0.2) is 4.79 Å². The number of fused-ring (bicyclic) bond motifs is 1. The molecule has 1 aliphatic carbocycles. The Hall–Kier alpha value is -1.42. The van der Waals surface area contributed by atoms with E-state index in [2.05, 4.69) is 0 Å². The molecule has 1 N–H and O–H groups in total. The third-order valence-electron chi connectivity index (χ3n) is 3.66. The topological polar surface area (TPSA) is 50.4 Å².